The standard InChI is InChI=1S/C20H20N2O3S2/c23-20(21-17-8-2-1-3-9-17)19-13-26-14-22(19)27(24,25)18-11-10-15-6-4-5-7-16(15)12-18/h1-9,12,19H,10-11,13-14H2,(H,21,23)/t19-/m1/s1. The van der Waals surface area contributed by atoms with Gasteiger partial charge in [-0.1, -0.05) is 42.5 Å². The number of thioether (sulfide) groups is 1. The third-order valence-electron chi connectivity index (χ3n) is 4.84. The molecule has 0 aromatic heterocycles. The number of carbonyl (C=O) groups excluding carboxylic acids is 1. The van der Waals surface area contributed by atoms with E-state index in [0.29, 0.717) is 35.1 Å². The molecule has 4 rings (SSSR count). The Balaban J connectivity index is 1.58. The van der Waals surface area contributed by atoms with Gasteiger partial charge in [-0.15, -0.1) is 11.8 Å². The van der Waals surface area contributed by atoms with Crippen molar-refractivity contribution in [3.8, 4) is 0 Å². The minimum atomic E-state index is -3.68. The summed E-state index contributed by atoms with van der Waals surface area (Å²) in [4.78, 5) is 13.1. The number of sulfonamides is 1. The van der Waals surface area contributed by atoms with Gasteiger partial charge in [0.05, 0.1) is 10.8 Å². The molecule has 140 valence electrons. The number of allylic oxidation sites excluding steroid dienone is 1. The van der Waals surface area contributed by atoms with Gasteiger partial charge < -0.3 is 5.32 Å². The van der Waals surface area contributed by atoms with E-state index in [1.54, 1.807) is 18.2 Å². The molecule has 1 amide bonds. The molecule has 27 heavy (non-hydrogen) atoms. The lowest BCUT2D eigenvalue weighted by atomic mass is 9.98. The summed E-state index contributed by atoms with van der Waals surface area (Å²) in [6.45, 7) is 0. The lowest BCUT2D eigenvalue weighted by molar-refractivity contribution is -0.118. The summed E-state index contributed by atoms with van der Waals surface area (Å²) in [6.07, 6.45) is 2.92. The lowest BCUT2D eigenvalue weighted by Gasteiger charge is -2.25. The van der Waals surface area contributed by atoms with Crippen LogP contribution in [0.25, 0.3) is 6.08 Å². The fraction of sp³-hybridized carbons (Fsp3) is 0.250. The number of hydrogen-bond donors (Lipinski definition) is 1. The summed E-state index contributed by atoms with van der Waals surface area (Å²) in [7, 11) is -3.68. The van der Waals surface area contributed by atoms with E-state index in [0.717, 1.165) is 11.1 Å². The van der Waals surface area contributed by atoms with Crippen LogP contribution in [-0.4, -0.2) is 36.3 Å². The van der Waals surface area contributed by atoms with Crippen LogP contribution in [-0.2, 0) is 21.2 Å². The quantitative estimate of drug-likeness (QED) is 0.855. The Hall–Kier alpha value is -2.09. The normalized spacial score (nSPS) is 20.0. The predicted molar refractivity (Wildman–Crippen MR) is 110 cm³/mol. The minimum absolute atomic E-state index is 0.286. The molecule has 5 nitrogen and oxygen atoms in total. The zero-order chi connectivity index (χ0) is 18.9. The van der Waals surface area contributed by atoms with Crippen molar-refractivity contribution >= 4 is 39.5 Å². The van der Waals surface area contributed by atoms with Crippen LogP contribution in [0.2, 0.25) is 0 Å². The summed E-state index contributed by atoms with van der Waals surface area (Å²) in [5, 5.41) is 2.83. The van der Waals surface area contributed by atoms with E-state index in [1.165, 1.54) is 16.1 Å². The van der Waals surface area contributed by atoms with Crippen LogP contribution >= 0.6 is 11.8 Å². The third kappa shape index (κ3) is 3.67. The number of carbonyl (C=O) groups is 1. The fourth-order valence-electron chi connectivity index (χ4n) is 3.38. The number of anilines is 1. The highest BCUT2D eigenvalue weighted by Gasteiger charge is 2.41. The van der Waals surface area contributed by atoms with Crippen LogP contribution in [0, 0.1) is 0 Å². The monoisotopic (exact) mass is 400 g/mol. The molecular formula is C20H20N2O3S2. The molecule has 1 N–H and O–H groups in total. The predicted octanol–water partition coefficient (Wildman–Crippen LogP) is 3.32. The van der Waals surface area contributed by atoms with Crippen molar-refractivity contribution in [2.24, 2.45) is 0 Å². The molecular weight excluding hydrogens is 380 g/mol. The van der Waals surface area contributed by atoms with Gasteiger partial charge in [0.25, 0.3) is 0 Å². The summed E-state index contributed by atoms with van der Waals surface area (Å²) in [6, 6.07) is 16.2. The second-order valence-electron chi connectivity index (χ2n) is 6.57. The fourth-order valence-corrected chi connectivity index (χ4v) is 6.71. The maximum atomic E-state index is 13.2. The van der Waals surface area contributed by atoms with Gasteiger partial charge >= 0.3 is 0 Å². The van der Waals surface area contributed by atoms with Crippen LogP contribution in [0.1, 0.15) is 17.5 Å². The zero-order valence-electron chi connectivity index (χ0n) is 14.7. The first-order valence-corrected chi connectivity index (χ1v) is 11.4. The second kappa shape index (κ2) is 7.50. The Morgan fingerprint density at radius 1 is 1.04 bits per heavy atom. The Morgan fingerprint density at radius 3 is 2.59 bits per heavy atom. The van der Waals surface area contributed by atoms with E-state index in [1.807, 2.05) is 42.5 Å². The number of benzene rings is 2. The minimum Gasteiger partial charge on any atom is -0.325 e. The molecule has 1 aliphatic heterocycles. The van der Waals surface area contributed by atoms with Gasteiger partial charge in [-0.25, -0.2) is 8.42 Å². The number of para-hydroxylation sites is 1. The molecule has 0 radical (unpaired) electrons. The number of nitrogens with zero attached hydrogens (tertiary/aromatic N) is 1. The molecule has 2 aliphatic rings. The van der Waals surface area contributed by atoms with Gasteiger partial charge in [-0.05, 0) is 42.2 Å². The van der Waals surface area contributed by atoms with Crippen molar-refractivity contribution in [3.05, 3.63) is 70.6 Å². The van der Waals surface area contributed by atoms with E-state index in [2.05, 4.69) is 5.32 Å². The van der Waals surface area contributed by atoms with Crippen molar-refractivity contribution in [1.82, 2.24) is 4.31 Å². The molecule has 0 spiro atoms. The Morgan fingerprint density at radius 2 is 1.78 bits per heavy atom. The zero-order valence-corrected chi connectivity index (χ0v) is 16.3. The maximum absolute atomic E-state index is 13.2. The van der Waals surface area contributed by atoms with Crippen LogP contribution in [0.5, 0.6) is 0 Å². The van der Waals surface area contributed by atoms with Crippen LogP contribution < -0.4 is 5.32 Å². The average Bonchev–Trinajstić information content (AvgIpc) is 3.19. The first kappa shape index (κ1) is 18.3. The van der Waals surface area contributed by atoms with Crippen LogP contribution in [0.15, 0.2) is 59.5 Å². The molecule has 0 bridgehead atoms. The molecule has 1 atom stereocenters. The Labute approximate surface area is 163 Å². The Kier molecular flexibility index (Phi) is 5.08. The highest BCUT2D eigenvalue weighted by molar-refractivity contribution is 8.01. The van der Waals surface area contributed by atoms with E-state index >= 15 is 0 Å². The lowest BCUT2D eigenvalue weighted by Crippen LogP contribution is -2.45. The summed E-state index contributed by atoms with van der Waals surface area (Å²) >= 11 is 1.46. The number of amides is 1. The molecule has 7 heteroatoms. The van der Waals surface area contributed by atoms with Gasteiger partial charge in [-0.2, -0.15) is 4.31 Å². The topological polar surface area (TPSA) is 66.5 Å². The largest absolute Gasteiger partial charge is 0.325 e. The SMILES string of the molecule is O=C(Nc1ccccc1)[C@H]1CSCN1S(=O)(=O)C1=Cc2ccccc2CC1. The van der Waals surface area contributed by atoms with Gasteiger partial charge in [0, 0.05) is 11.4 Å². The van der Waals surface area contributed by atoms with E-state index in [9.17, 15) is 13.2 Å². The first-order chi connectivity index (χ1) is 13.1. The first-order valence-electron chi connectivity index (χ1n) is 8.80. The smallest absolute Gasteiger partial charge is 0.243 e. The van der Waals surface area contributed by atoms with Gasteiger partial charge in [-0.3, -0.25) is 4.79 Å². The number of fused-ring (bicyclic) bond motifs is 1. The summed E-state index contributed by atoms with van der Waals surface area (Å²) in [5.74, 6) is 0.474. The molecule has 0 saturated carbocycles. The van der Waals surface area contributed by atoms with Crippen LogP contribution in [0.4, 0.5) is 5.69 Å². The second-order valence-corrected chi connectivity index (χ2v) is 9.52. The highest BCUT2D eigenvalue weighted by Crippen LogP contribution is 2.33. The number of hydrogen-bond acceptors (Lipinski definition) is 4. The summed E-state index contributed by atoms with van der Waals surface area (Å²) in [5.41, 5.74) is 2.77. The molecule has 1 fully saturated rings. The van der Waals surface area contributed by atoms with Crippen LogP contribution in [0.3, 0.4) is 0 Å². The van der Waals surface area contributed by atoms with Gasteiger partial charge in [0.1, 0.15) is 6.04 Å². The Bertz CT molecular complexity index is 987. The summed E-state index contributed by atoms with van der Waals surface area (Å²) < 4.78 is 27.8. The molecule has 1 aliphatic carbocycles. The average molecular weight is 401 g/mol. The third-order valence-corrected chi connectivity index (χ3v) is 8.00. The molecule has 0 unspecified atom stereocenters. The molecule has 1 saturated heterocycles. The molecule has 2 aromatic rings. The number of aryl methyl sites for hydroxylation is 1. The highest BCUT2D eigenvalue weighted by atomic mass is 32.2. The van der Waals surface area contributed by atoms with Crippen molar-refractivity contribution in [1.29, 1.82) is 0 Å². The van der Waals surface area contributed by atoms with E-state index < -0.39 is 16.1 Å². The van der Waals surface area contributed by atoms with Crippen molar-refractivity contribution in [3.63, 3.8) is 0 Å². The number of rotatable bonds is 4. The van der Waals surface area contributed by atoms with Gasteiger partial charge in [0.15, 0.2) is 0 Å². The van der Waals surface area contributed by atoms with Crippen molar-refractivity contribution < 1.29 is 13.2 Å². The van der Waals surface area contributed by atoms with E-state index in [4.69, 9.17) is 0 Å². The molecule has 1 heterocycles. The maximum Gasteiger partial charge on any atom is 0.243 e. The molecule has 2 aromatic carbocycles. The number of nitrogens with one attached hydrogen (secondary N) is 1. The van der Waals surface area contributed by atoms with E-state index in [-0.39, 0.29) is 5.91 Å². The van der Waals surface area contributed by atoms with Crippen molar-refractivity contribution in [2.45, 2.75) is 18.9 Å². The van der Waals surface area contributed by atoms with Crippen molar-refractivity contribution in [2.75, 3.05) is 16.9 Å². The van der Waals surface area contributed by atoms with Gasteiger partial charge in [0.2, 0.25) is 15.9 Å².